The van der Waals surface area contributed by atoms with Crippen molar-refractivity contribution < 1.29 is 0 Å². The maximum Gasteiger partial charge on any atom is 0.0223 e. The van der Waals surface area contributed by atoms with Crippen molar-refractivity contribution in [2.75, 3.05) is 26.2 Å². The van der Waals surface area contributed by atoms with E-state index in [-0.39, 0.29) is 0 Å². The summed E-state index contributed by atoms with van der Waals surface area (Å²) in [4.78, 5) is 5.69. The summed E-state index contributed by atoms with van der Waals surface area (Å²) in [6, 6.07) is 1.70. The van der Waals surface area contributed by atoms with E-state index in [4.69, 9.17) is 0 Å². The van der Waals surface area contributed by atoms with Gasteiger partial charge >= 0.3 is 0 Å². The largest absolute Gasteiger partial charge is 0.298 e. The van der Waals surface area contributed by atoms with E-state index in [1.807, 2.05) is 0 Å². The second-order valence-corrected chi connectivity index (χ2v) is 8.01. The van der Waals surface area contributed by atoms with Crippen molar-refractivity contribution in [3.8, 4) is 0 Å². The van der Waals surface area contributed by atoms with Crippen LogP contribution in [0.25, 0.3) is 0 Å². The molecule has 2 heteroatoms. The Hall–Kier alpha value is -0.0800. The molecule has 2 saturated heterocycles. The first-order chi connectivity index (χ1) is 9.70. The zero-order valence-electron chi connectivity index (χ0n) is 13.7. The Morgan fingerprint density at radius 2 is 1.80 bits per heavy atom. The van der Waals surface area contributed by atoms with E-state index in [0.29, 0.717) is 5.41 Å². The zero-order chi connectivity index (χ0) is 14.0. The van der Waals surface area contributed by atoms with Crippen LogP contribution in [0, 0.1) is 5.41 Å². The van der Waals surface area contributed by atoms with Gasteiger partial charge in [-0.2, -0.15) is 0 Å². The van der Waals surface area contributed by atoms with Crippen molar-refractivity contribution in [2.24, 2.45) is 5.41 Å². The molecule has 0 radical (unpaired) electrons. The predicted molar refractivity (Wildman–Crippen MR) is 86.1 cm³/mol. The minimum absolute atomic E-state index is 0.614. The Morgan fingerprint density at radius 1 is 1.00 bits per heavy atom. The highest BCUT2D eigenvalue weighted by atomic mass is 15.3. The fraction of sp³-hybridized carbons (Fsp3) is 1.00. The van der Waals surface area contributed by atoms with Crippen LogP contribution in [-0.2, 0) is 0 Å². The molecule has 1 aliphatic carbocycles. The monoisotopic (exact) mass is 278 g/mol. The van der Waals surface area contributed by atoms with Crippen LogP contribution in [0.4, 0.5) is 0 Å². The molecule has 0 aromatic carbocycles. The first-order valence-electron chi connectivity index (χ1n) is 9.18. The second-order valence-electron chi connectivity index (χ2n) is 8.01. The molecule has 2 heterocycles. The smallest absolute Gasteiger partial charge is 0.0223 e. The third kappa shape index (κ3) is 3.22. The molecule has 0 amide bonds. The molecule has 20 heavy (non-hydrogen) atoms. The van der Waals surface area contributed by atoms with E-state index in [2.05, 4.69) is 23.6 Å². The van der Waals surface area contributed by atoms with E-state index in [9.17, 15) is 0 Å². The van der Waals surface area contributed by atoms with Crippen LogP contribution in [0.15, 0.2) is 0 Å². The summed E-state index contributed by atoms with van der Waals surface area (Å²) in [5, 5.41) is 0. The van der Waals surface area contributed by atoms with Gasteiger partial charge in [0.2, 0.25) is 0 Å². The highest BCUT2D eigenvalue weighted by molar-refractivity contribution is 4.93. The number of hydrogen-bond donors (Lipinski definition) is 0. The molecule has 0 bridgehead atoms. The number of rotatable bonds is 3. The number of nitrogens with zero attached hydrogens (tertiary/aromatic N) is 2. The number of fused-ring (bicyclic) bond motifs is 1. The van der Waals surface area contributed by atoms with Crippen molar-refractivity contribution in [3.05, 3.63) is 0 Å². The van der Waals surface area contributed by atoms with Gasteiger partial charge in [-0.25, -0.2) is 0 Å². The minimum Gasteiger partial charge on any atom is -0.298 e. The fourth-order valence-electron chi connectivity index (χ4n) is 4.95. The normalized spacial score (nSPS) is 35.7. The molecular weight excluding hydrogens is 244 g/mol. The van der Waals surface area contributed by atoms with Gasteiger partial charge in [-0.05, 0) is 44.1 Å². The van der Waals surface area contributed by atoms with Crippen LogP contribution in [0.2, 0.25) is 0 Å². The van der Waals surface area contributed by atoms with Crippen molar-refractivity contribution in [1.82, 2.24) is 9.80 Å². The SMILES string of the molecule is CCC1CN2CCCCC2CN1CC1(C)CCCCC1. The molecular formula is C18H34N2. The van der Waals surface area contributed by atoms with E-state index >= 15 is 0 Å². The van der Waals surface area contributed by atoms with Crippen LogP contribution < -0.4 is 0 Å². The minimum atomic E-state index is 0.614. The van der Waals surface area contributed by atoms with Crippen LogP contribution in [-0.4, -0.2) is 48.1 Å². The Morgan fingerprint density at radius 3 is 2.55 bits per heavy atom. The molecule has 0 N–H and O–H groups in total. The summed E-state index contributed by atoms with van der Waals surface area (Å²) in [7, 11) is 0. The molecule has 3 rings (SSSR count). The predicted octanol–water partition coefficient (Wildman–Crippen LogP) is 3.91. The highest BCUT2D eigenvalue weighted by Crippen LogP contribution is 2.38. The van der Waals surface area contributed by atoms with Crippen molar-refractivity contribution in [1.29, 1.82) is 0 Å². The summed E-state index contributed by atoms with van der Waals surface area (Å²) >= 11 is 0. The fourth-order valence-corrected chi connectivity index (χ4v) is 4.95. The molecule has 0 aromatic rings. The summed E-state index contributed by atoms with van der Waals surface area (Å²) < 4.78 is 0. The summed E-state index contributed by atoms with van der Waals surface area (Å²) in [5.41, 5.74) is 0.614. The topological polar surface area (TPSA) is 6.48 Å². The quantitative estimate of drug-likeness (QED) is 0.772. The molecule has 2 nitrogen and oxygen atoms in total. The third-order valence-corrected chi connectivity index (χ3v) is 6.27. The van der Waals surface area contributed by atoms with Crippen LogP contribution in [0.5, 0.6) is 0 Å². The summed E-state index contributed by atoms with van der Waals surface area (Å²) in [5.74, 6) is 0. The lowest BCUT2D eigenvalue weighted by molar-refractivity contribution is -0.0178. The van der Waals surface area contributed by atoms with E-state index in [0.717, 1.165) is 12.1 Å². The van der Waals surface area contributed by atoms with E-state index < -0.39 is 0 Å². The Bertz CT molecular complexity index is 309. The first kappa shape index (κ1) is 14.8. The third-order valence-electron chi connectivity index (χ3n) is 6.27. The Balaban J connectivity index is 1.64. The average Bonchev–Trinajstić information content (AvgIpc) is 2.47. The van der Waals surface area contributed by atoms with Gasteiger partial charge < -0.3 is 0 Å². The lowest BCUT2D eigenvalue weighted by Gasteiger charge is -2.51. The molecule has 0 aromatic heterocycles. The van der Waals surface area contributed by atoms with E-state index in [1.54, 1.807) is 0 Å². The van der Waals surface area contributed by atoms with Crippen LogP contribution >= 0.6 is 0 Å². The van der Waals surface area contributed by atoms with E-state index in [1.165, 1.54) is 84.0 Å². The van der Waals surface area contributed by atoms with Gasteiger partial charge in [-0.1, -0.05) is 39.5 Å². The van der Waals surface area contributed by atoms with Gasteiger partial charge in [0.1, 0.15) is 0 Å². The van der Waals surface area contributed by atoms with Crippen molar-refractivity contribution in [2.45, 2.75) is 83.7 Å². The Kier molecular flexibility index (Phi) is 4.72. The number of piperidine rings is 1. The molecule has 3 fully saturated rings. The van der Waals surface area contributed by atoms with Crippen molar-refractivity contribution >= 4 is 0 Å². The van der Waals surface area contributed by atoms with Crippen LogP contribution in [0.3, 0.4) is 0 Å². The highest BCUT2D eigenvalue weighted by Gasteiger charge is 2.37. The average molecular weight is 278 g/mol. The zero-order valence-corrected chi connectivity index (χ0v) is 13.7. The lowest BCUT2D eigenvalue weighted by atomic mass is 9.75. The number of hydrogen-bond acceptors (Lipinski definition) is 2. The van der Waals surface area contributed by atoms with Gasteiger partial charge in [0.15, 0.2) is 0 Å². The molecule has 2 aliphatic heterocycles. The molecule has 1 saturated carbocycles. The molecule has 2 atom stereocenters. The van der Waals surface area contributed by atoms with Gasteiger partial charge in [0.25, 0.3) is 0 Å². The summed E-state index contributed by atoms with van der Waals surface area (Å²) in [6.07, 6.45) is 13.0. The number of piperazine rings is 1. The van der Waals surface area contributed by atoms with Crippen molar-refractivity contribution in [3.63, 3.8) is 0 Å². The molecule has 2 unspecified atom stereocenters. The Labute approximate surface area is 125 Å². The standard InChI is InChI=1S/C18H34N2/c1-3-16-13-19-12-8-5-9-17(19)14-20(16)15-18(2)10-6-4-7-11-18/h16-17H,3-15H2,1-2H3. The lowest BCUT2D eigenvalue weighted by Crippen LogP contribution is -2.60. The molecule has 116 valence electrons. The van der Waals surface area contributed by atoms with Gasteiger partial charge in [-0.3, -0.25) is 9.80 Å². The maximum absolute atomic E-state index is 2.89. The van der Waals surface area contributed by atoms with Gasteiger partial charge in [0, 0.05) is 31.7 Å². The second kappa shape index (κ2) is 6.36. The summed E-state index contributed by atoms with van der Waals surface area (Å²) in [6.45, 7) is 10.4. The maximum atomic E-state index is 2.89. The molecule has 0 spiro atoms. The van der Waals surface area contributed by atoms with Gasteiger partial charge in [-0.15, -0.1) is 0 Å². The van der Waals surface area contributed by atoms with Gasteiger partial charge in [0.05, 0.1) is 0 Å². The first-order valence-corrected chi connectivity index (χ1v) is 9.18. The van der Waals surface area contributed by atoms with Crippen LogP contribution in [0.1, 0.15) is 71.6 Å². The molecule has 3 aliphatic rings.